The molecule has 29 heavy (non-hydrogen) atoms. The first-order valence-electron chi connectivity index (χ1n) is 9.52. The number of carbonyl (C=O) groups excluding carboxylic acids is 2. The average Bonchev–Trinajstić information content (AvgIpc) is 3.21. The third-order valence-corrected chi connectivity index (χ3v) is 7.12. The number of benzene rings is 1. The van der Waals surface area contributed by atoms with Crippen molar-refractivity contribution in [3.63, 3.8) is 0 Å². The number of sulfone groups is 1. The molecular formula is C21H26N2O5S. The third kappa shape index (κ3) is 4.53. The van der Waals surface area contributed by atoms with Gasteiger partial charge in [-0.3, -0.25) is 4.79 Å². The van der Waals surface area contributed by atoms with E-state index in [4.69, 9.17) is 4.74 Å². The van der Waals surface area contributed by atoms with Gasteiger partial charge < -0.3 is 14.2 Å². The molecule has 2 heterocycles. The van der Waals surface area contributed by atoms with Crippen molar-refractivity contribution in [2.45, 2.75) is 39.3 Å². The van der Waals surface area contributed by atoms with E-state index in [0.717, 1.165) is 17.1 Å². The second-order valence-corrected chi connectivity index (χ2v) is 9.78. The molecule has 3 rings (SSSR count). The summed E-state index contributed by atoms with van der Waals surface area (Å²) in [5.74, 6) is -0.965. The molecule has 2 atom stereocenters. The second kappa shape index (κ2) is 8.02. The summed E-state index contributed by atoms with van der Waals surface area (Å²) in [5, 5.41) is 0. The molecule has 8 heteroatoms. The number of aryl methyl sites for hydroxylation is 2. The Kier molecular flexibility index (Phi) is 5.84. The van der Waals surface area contributed by atoms with Crippen molar-refractivity contribution in [2.24, 2.45) is 0 Å². The van der Waals surface area contributed by atoms with E-state index >= 15 is 0 Å². The summed E-state index contributed by atoms with van der Waals surface area (Å²) in [5.41, 5.74) is 3.47. The van der Waals surface area contributed by atoms with Crippen LogP contribution in [0.25, 0.3) is 5.69 Å². The van der Waals surface area contributed by atoms with Gasteiger partial charge in [0.2, 0.25) is 0 Å². The van der Waals surface area contributed by atoms with Crippen molar-refractivity contribution in [1.29, 1.82) is 0 Å². The van der Waals surface area contributed by atoms with Crippen molar-refractivity contribution in [3.05, 3.63) is 53.3 Å². The van der Waals surface area contributed by atoms with Crippen LogP contribution in [0, 0.1) is 13.8 Å². The quantitative estimate of drug-likeness (QED) is 0.696. The van der Waals surface area contributed by atoms with Crippen LogP contribution >= 0.6 is 0 Å². The van der Waals surface area contributed by atoms with Crippen LogP contribution in [0.5, 0.6) is 0 Å². The van der Waals surface area contributed by atoms with E-state index in [2.05, 4.69) is 4.57 Å². The minimum Gasteiger partial charge on any atom is -0.449 e. The van der Waals surface area contributed by atoms with Crippen LogP contribution in [0.2, 0.25) is 0 Å². The molecule has 1 aromatic carbocycles. The number of hydrogen-bond donors (Lipinski definition) is 0. The van der Waals surface area contributed by atoms with Crippen LogP contribution < -0.4 is 0 Å². The zero-order chi connectivity index (χ0) is 21.3. The van der Waals surface area contributed by atoms with Gasteiger partial charge >= 0.3 is 5.97 Å². The Morgan fingerprint density at radius 3 is 2.21 bits per heavy atom. The van der Waals surface area contributed by atoms with Crippen molar-refractivity contribution in [2.75, 3.05) is 18.6 Å². The standard InChI is InChI=1S/C21H26N2O5S/c1-14-5-6-15(2)23(14)18-9-7-17(8-10-18)21(25)28-16(3)20(24)22(4)19-11-12-29(26,27)13-19/h5-10,16,19H,11-13H2,1-4H3/t16-,19+/m1/s1. The van der Waals surface area contributed by atoms with E-state index in [1.165, 1.54) is 11.8 Å². The number of esters is 1. The fourth-order valence-corrected chi connectivity index (χ4v) is 5.42. The summed E-state index contributed by atoms with van der Waals surface area (Å²) in [6.07, 6.45) is -0.588. The lowest BCUT2D eigenvalue weighted by Crippen LogP contribution is -2.44. The van der Waals surface area contributed by atoms with Gasteiger partial charge in [0.1, 0.15) is 0 Å². The van der Waals surface area contributed by atoms with E-state index in [1.807, 2.05) is 38.1 Å². The topological polar surface area (TPSA) is 85.7 Å². The molecule has 2 aromatic rings. The van der Waals surface area contributed by atoms with Crippen LogP contribution in [-0.2, 0) is 19.4 Å². The van der Waals surface area contributed by atoms with Crippen molar-refractivity contribution in [1.82, 2.24) is 9.47 Å². The van der Waals surface area contributed by atoms with Crippen molar-refractivity contribution in [3.8, 4) is 5.69 Å². The predicted molar refractivity (Wildman–Crippen MR) is 110 cm³/mol. The summed E-state index contributed by atoms with van der Waals surface area (Å²) in [6, 6.07) is 10.7. The molecule has 0 radical (unpaired) electrons. The summed E-state index contributed by atoms with van der Waals surface area (Å²) in [7, 11) is -1.55. The first-order chi connectivity index (χ1) is 13.6. The molecule has 1 aromatic heterocycles. The van der Waals surface area contributed by atoms with E-state index in [0.29, 0.717) is 12.0 Å². The highest BCUT2D eigenvalue weighted by Crippen LogP contribution is 2.19. The molecule has 1 amide bonds. The molecule has 7 nitrogen and oxygen atoms in total. The number of ether oxygens (including phenoxy) is 1. The number of likely N-dealkylation sites (N-methyl/N-ethyl adjacent to an activating group) is 1. The largest absolute Gasteiger partial charge is 0.449 e. The van der Waals surface area contributed by atoms with Crippen LogP contribution in [-0.4, -0.2) is 60.5 Å². The number of rotatable bonds is 5. The number of amides is 1. The lowest BCUT2D eigenvalue weighted by atomic mass is 10.2. The van der Waals surface area contributed by atoms with E-state index in [9.17, 15) is 18.0 Å². The minimum atomic E-state index is -3.10. The van der Waals surface area contributed by atoms with E-state index < -0.39 is 27.8 Å². The fraction of sp³-hybridized carbons (Fsp3) is 0.429. The molecule has 1 saturated heterocycles. The van der Waals surface area contributed by atoms with E-state index in [-0.39, 0.29) is 17.5 Å². The van der Waals surface area contributed by atoms with Gasteiger partial charge in [-0.05, 0) is 63.6 Å². The van der Waals surface area contributed by atoms with Gasteiger partial charge in [0.05, 0.1) is 17.1 Å². The zero-order valence-electron chi connectivity index (χ0n) is 17.1. The van der Waals surface area contributed by atoms with Crippen LogP contribution in [0.3, 0.4) is 0 Å². The summed E-state index contributed by atoms with van der Waals surface area (Å²) >= 11 is 0. The third-order valence-electron chi connectivity index (χ3n) is 5.37. The highest BCUT2D eigenvalue weighted by molar-refractivity contribution is 7.91. The SMILES string of the molecule is Cc1ccc(C)n1-c1ccc(C(=O)O[C@H](C)C(=O)N(C)[C@H]2CCS(=O)(=O)C2)cc1. The number of hydrogen-bond acceptors (Lipinski definition) is 5. The Hall–Kier alpha value is -2.61. The molecular weight excluding hydrogens is 392 g/mol. The Bertz CT molecular complexity index is 1000. The fourth-order valence-electron chi connectivity index (χ4n) is 3.65. The predicted octanol–water partition coefficient (Wildman–Crippen LogP) is 2.28. The minimum absolute atomic E-state index is 0.0460. The second-order valence-electron chi connectivity index (χ2n) is 7.55. The Labute approximate surface area is 171 Å². The van der Waals surface area contributed by atoms with Crippen molar-refractivity contribution < 1.29 is 22.7 Å². The van der Waals surface area contributed by atoms with Crippen molar-refractivity contribution >= 4 is 21.7 Å². The van der Waals surface area contributed by atoms with Gasteiger partial charge in [0, 0.05) is 30.2 Å². The lowest BCUT2D eigenvalue weighted by Gasteiger charge is -2.26. The molecule has 1 fully saturated rings. The zero-order valence-corrected chi connectivity index (χ0v) is 17.9. The average molecular weight is 419 g/mol. The van der Waals surface area contributed by atoms with Crippen LogP contribution in [0.15, 0.2) is 36.4 Å². The van der Waals surface area contributed by atoms with Gasteiger partial charge in [0.15, 0.2) is 15.9 Å². The molecule has 0 aliphatic carbocycles. The first kappa shape index (κ1) is 21.1. The summed E-state index contributed by atoms with van der Waals surface area (Å²) < 4.78 is 30.7. The number of nitrogens with zero attached hydrogens (tertiary/aromatic N) is 2. The van der Waals surface area contributed by atoms with Gasteiger partial charge in [-0.25, -0.2) is 13.2 Å². The lowest BCUT2D eigenvalue weighted by molar-refractivity contribution is -0.140. The van der Waals surface area contributed by atoms with Gasteiger partial charge in [-0.15, -0.1) is 0 Å². The molecule has 0 saturated carbocycles. The number of aromatic nitrogens is 1. The molecule has 0 spiro atoms. The Balaban J connectivity index is 1.64. The Morgan fingerprint density at radius 2 is 1.69 bits per heavy atom. The molecule has 0 unspecified atom stereocenters. The van der Waals surface area contributed by atoms with Crippen LogP contribution in [0.4, 0.5) is 0 Å². The maximum Gasteiger partial charge on any atom is 0.338 e. The summed E-state index contributed by atoms with van der Waals surface area (Å²) in [4.78, 5) is 26.4. The first-order valence-corrected chi connectivity index (χ1v) is 11.3. The van der Waals surface area contributed by atoms with Gasteiger partial charge in [-0.1, -0.05) is 0 Å². The Morgan fingerprint density at radius 1 is 1.10 bits per heavy atom. The highest BCUT2D eigenvalue weighted by Gasteiger charge is 2.35. The summed E-state index contributed by atoms with van der Waals surface area (Å²) in [6.45, 7) is 5.52. The molecule has 0 bridgehead atoms. The number of carbonyl (C=O) groups is 2. The normalized spacial score (nSPS) is 19.0. The highest BCUT2D eigenvalue weighted by atomic mass is 32.2. The van der Waals surface area contributed by atoms with Gasteiger partial charge in [0.25, 0.3) is 5.91 Å². The molecule has 156 valence electrons. The maximum atomic E-state index is 12.5. The van der Waals surface area contributed by atoms with Crippen LogP contribution in [0.1, 0.15) is 35.1 Å². The maximum absolute atomic E-state index is 12.5. The van der Waals surface area contributed by atoms with E-state index in [1.54, 1.807) is 19.2 Å². The molecule has 1 aliphatic heterocycles. The molecule has 0 N–H and O–H groups in total. The van der Waals surface area contributed by atoms with Gasteiger partial charge in [-0.2, -0.15) is 0 Å². The monoisotopic (exact) mass is 418 g/mol. The molecule has 1 aliphatic rings. The smallest absolute Gasteiger partial charge is 0.338 e.